The zero-order valence-electron chi connectivity index (χ0n) is 12.7. The van der Waals surface area contributed by atoms with E-state index in [2.05, 4.69) is 47.9 Å². The van der Waals surface area contributed by atoms with Crippen molar-refractivity contribution in [1.82, 2.24) is 9.80 Å². The van der Waals surface area contributed by atoms with E-state index in [0.717, 1.165) is 24.9 Å². The first-order valence-corrected chi connectivity index (χ1v) is 7.96. The van der Waals surface area contributed by atoms with Crippen LogP contribution in [0.25, 0.3) is 0 Å². The Morgan fingerprint density at radius 2 is 2.10 bits per heavy atom. The molecular weight excluding hydrogens is 248 g/mol. The summed E-state index contributed by atoms with van der Waals surface area (Å²) in [6.45, 7) is 9.90. The summed E-state index contributed by atoms with van der Waals surface area (Å²) in [7, 11) is 0. The Morgan fingerprint density at radius 1 is 1.25 bits per heavy atom. The van der Waals surface area contributed by atoms with Crippen LogP contribution < -0.4 is 4.74 Å². The fourth-order valence-electron chi connectivity index (χ4n) is 3.62. The van der Waals surface area contributed by atoms with E-state index in [1.54, 1.807) is 0 Å². The molecule has 0 unspecified atom stereocenters. The molecule has 0 amide bonds. The van der Waals surface area contributed by atoms with Crippen LogP contribution in [0.3, 0.4) is 0 Å². The standard InChI is InChI=1S/C17H26N2O/c1-3-20-17-9-5-4-7-15(17)12-19-13-16-8-6-10-18(16)11-14(19)2/h4-5,7,9,14,16H,3,6,8,10-13H2,1-2H3/t14-,16+/m0/s1. The second kappa shape index (κ2) is 6.15. The van der Waals surface area contributed by atoms with Gasteiger partial charge < -0.3 is 4.74 Å². The molecule has 1 aromatic carbocycles. The van der Waals surface area contributed by atoms with Crippen LogP contribution in [0.1, 0.15) is 32.3 Å². The van der Waals surface area contributed by atoms with Crippen LogP contribution in [0.2, 0.25) is 0 Å². The van der Waals surface area contributed by atoms with Crippen molar-refractivity contribution < 1.29 is 4.74 Å². The molecule has 0 radical (unpaired) electrons. The molecule has 0 bridgehead atoms. The van der Waals surface area contributed by atoms with Crippen molar-refractivity contribution in [3.63, 3.8) is 0 Å². The quantitative estimate of drug-likeness (QED) is 0.839. The number of ether oxygens (including phenoxy) is 1. The number of piperazine rings is 1. The summed E-state index contributed by atoms with van der Waals surface area (Å²) in [6, 6.07) is 9.90. The van der Waals surface area contributed by atoms with Gasteiger partial charge in [0, 0.05) is 37.3 Å². The van der Waals surface area contributed by atoms with Crippen LogP contribution >= 0.6 is 0 Å². The summed E-state index contributed by atoms with van der Waals surface area (Å²) in [4.78, 5) is 5.31. The minimum atomic E-state index is 0.638. The number of benzene rings is 1. The summed E-state index contributed by atoms with van der Waals surface area (Å²) in [5.74, 6) is 1.05. The van der Waals surface area contributed by atoms with Gasteiger partial charge in [-0.2, -0.15) is 0 Å². The van der Waals surface area contributed by atoms with Crippen LogP contribution in [0.4, 0.5) is 0 Å². The number of para-hydroxylation sites is 1. The Labute approximate surface area is 122 Å². The van der Waals surface area contributed by atoms with Crippen molar-refractivity contribution in [3.05, 3.63) is 29.8 Å². The lowest BCUT2D eigenvalue weighted by Crippen LogP contribution is -2.54. The SMILES string of the molecule is CCOc1ccccc1CN1C[C@H]2CCCN2C[C@@H]1C. The molecule has 2 fully saturated rings. The average molecular weight is 274 g/mol. The number of hydrogen-bond acceptors (Lipinski definition) is 3. The fourth-order valence-corrected chi connectivity index (χ4v) is 3.62. The molecule has 2 aliphatic rings. The molecule has 110 valence electrons. The first kappa shape index (κ1) is 13.9. The first-order valence-electron chi connectivity index (χ1n) is 7.96. The molecule has 20 heavy (non-hydrogen) atoms. The number of hydrogen-bond donors (Lipinski definition) is 0. The van der Waals surface area contributed by atoms with E-state index in [9.17, 15) is 0 Å². The predicted octanol–water partition coefficient (Wildman–Crippen LogP) is 2.75. The third kappa shape index (κ3) is 2.84. The van der Waals surface area contributed by atoms with Crippen molar-refractivity contribution in [2.45, 2.75) is 45.3 Å². The summed E-state index contributed by atoms with van der Waals surface area (Å²) >= 11 is 0. The van der Waals surface area contributed by atoms with E-state index >= 15 is 0 Å². The fraction of sp³-hybridized carbons (Fsp3) is 0.647. The Hall–Kier alpha value is -1.06. The molecule has 0 aliphatic carbocycles. The van der Waals surface area contributed by atoms with E-state index in [0.29, 0.717) is 6.04 Å². The van der Waals surface area contributed by atoms with Crippen molar-refractivity contribution in [2.24, 2.45) is 0 Å². The van der Waals surface area contributed by atoms with Gasteiger partial charge in [0.1, 0.15) is 5.75 Å². The average Bonchev–Trinajstić information content (AvgIpc) is 2.88. The Morgan fingerprint density at radius 3 is 2.95 bits per heavy atom. The van der Waals surface area contributed by atoms with Crippen molar-refractivity contribution in [1.29, 1.82) is 0 Å². The van der Waals surface area contributed by atoms with Crippen molar-refractivity contribution in [3.8, 4) is 5.75 Å². The highest BCUT2D eigenvalue weighted by Crippen LogP contribution is 2.27. The number of rotatable bonds is 4. The molecule has 0 aromatic heterocycles. The van der Waals surface area contributed by atoms with Gasteiger partial charge in [-0.1, -0.05) is 18.2 Å². The zero-order valence-corrected chi connectivity index (χ0v) is 12.7. The molecule has 3 nitrogen and oxygen atoms in total. The first-order chi connectivity index (χ1) is 9.78. The number of fused-ring (bicyclic) bond motifs is 1. The highest BCUT2D eigenvalue weighted by Gasteiger charge is 2.34. The number of nitrogens with zero attached hydrogens (tertiary/aromatic N) is 2. The maximum absolute atomic E-state index is 5.76. The van der Waals surface area contributed by atoms with E-state index in [4.69, 9.17) is 4.74 Å². The van der Waals surface area contributed by atoms with Crippen LogP contribution in [0, 0.1) is 0 Å². The molecule has 3 heteroatoms. The predicted molar refractivity (Wildman–Crippen MR) is 82.1 cm³/mol. The lowest BCUT2D eigenvalue weighted by atomic mass is 10.1. The van der Waals surface area contributed by atoms with Gasteiger partial charge in [0.2, 0.25) is 0 Å². The van der Waals surface area contributed by atoms with Crippen LogP contribution in [0.5, 0.6) is 5.75 Å². The van der Waals surface area contributed by atoms with Gasteiger partial charge in [0.05, 0.1) is 6.61 Å². The van der Waals surface area contributed by atoms with E-state index in [-0.39, 0.29) is 0 Å². The molecule has 3 rings (SSSR count). The molecule has 2 saturated heterocycles. The molecular formula is C17H26N2O. The highest BCUT2D eigenvalue weighted by molar-refractivity contribution is 5.33. The third-order valence-electron chi connectivity index (χ3n) is 4.71. The molecule has 0 spiro atoms. The minimum absolute atomic E-state index is 0.638. The molecule has 2 heterocycles. The monoisotopic (exact) mass is 274 g/mol. The molecule has 1 aromatic rings. The minimum Gasteiger partial charge on any atom is -0.494 e. The van der Waals surface area contributed by atoms with Gasteiger partial charge in [-0.15, -0.1) is 0 Å². The van der Waals surface area contributed by atoms with Gasteiger partial charge in [-0.3, -0.25) is 9.80 Å². The van der Waals surface area contributed by atoms with E-state index in [1.165, 1.54) is 38.0 Å². The Bertz CT molecular complexity index is 448. The molecule has 2 atom stereocenters. The maximum atomic E-state index is 5.76. The van der Waals surface area contributed by atoms with E-state index in [1.807, 2.05) is 0 Å². The summed E-state index contributed by atoms with van der Waals surface area (Å²) in [5.41, 5.74) is 1.33. The summed E-state index contributed by atoms with van der Waals surface area (Å²) in [6.07, 6.45) is 2.75. The Balaban J connectivity index is 1.70. The van der Waals surface area contributed by atoms with Gasteiger partial charge >= 0.3 is 0 Å². The summed E-state index contributed by atoms with van der Waals surface area (Å²) < 4.78 is 5.76. The molecule has 0 N–H and O–H groups in total. The highest BCUT2D eigenvalue weighted by atomic mass is 16.5. The Kier molecular flexibility index (Phi) is 4.27. The van der Waals surface area contributed by atoms with Gasteiger partial charge in [0.25, 0.3) is 0 Å². The van der Waals surface area contributed by atoms with Gasteiger partial charge in [-0.25, -0.2) is 0 Å². The van der Waals surface area contributed by atoms with Crippen LogP contribution in [-0.2, 0) is 6.54 Å². The van der Waals surface area contributed by atoms with Crippen molar-refractivity contribution >= 4 is 0 Å². The van der Waals surface area contributed by atoms with Gasteiger partial charge in [0.15, 0.2) is 0 Å². The largest absolute Gasteiger partial charge is 0.494 e. The topological polar surface area (TPSA) is 15.7 Å². The lowest BCUT2D eigenvalue weighted by Gasteiger charge is -2.42. The van der Waals surface area contributed by atoms with Crippen molar-refractivity contribution in [2.75, 3.05) is 26.2 Å². The normalized spacial score (nSPS) is 27.5. The third-order valence-corrected chi connectivity index (χ3v) is 4.71. The lowest BCUT2D eigenvalue weighted by molar-refractivity contribution is 0.0534. The van der Waals surface area contributed by atoms with Crippen LogP contribution in [-0.4, -0.2) is 48.1 Å². The zero-order chi connectivity index (χ0) is 13.9. The van der Waals surface area contributed by atoms with Gasteiger partial charge in [-0.05, 0) is 39.3 Å². The molecule has 2 aliphatic heterocycles. The second-order valence-electron chi connectivity index (χ2n) is 6.11. The summed E-state index contributed by atoms with van der Waals surface area (Å²) in [5, 5.41) is 0. The smallest absolute Gasteiger partial charge is 0.123 e. The van der Waals surface area contributed by atoms with Crippen LogP contribution in [0.15, 0.2) is 24.3 Å². The second-order valence-corrected chi connectivity index (χ2v) is 6.11. The van der Waals surface area contributed by atoms with E-state index < -0.39 is 0 Å². The molecule has 0 saturated carbocycles. The maximum Gasteiger partial charge on any atom is 0.123 e.